The lowest BCUT2D eigenvalue weighted by atomic mass is 10.2. The summed E-state index contributed by atoms with van der Waals surface area (Å²) in [6, 6.07) is 0. The number of aromatic nitrogens is 5. The molecule has 0 bridgehead atoms. The number of fused-ring (bicyclic) bond motifs is 1. The molecule has 3 aromatic heterocycles. The summed E-state index contributed by atoms with van der Waals surface area (Å²) < 4.78 is 16.1. The first-order chi connectivity index (χ1) is 13.5. The second-order valence-corrected chi connectivity index (χ2v) is 6.63. The number of aromatic amines is 1. The smallest absolute Gasteiger partial charge is 0.277 e. The molecule has 1 aliphatic heterocycles. The van der Waals surface area contributed by atoms with Gasteiger partial charge in [-0.2, -0.15) is 10.2 Å². The standard InChI is InChI=1S/C10H8FN5O.C9H15NO/c1-15-4-6(2-12-15)8-5-16-9(10(17)14-8)7(11)3-13-16;1-2-9(11)10-7-5-3-4-6-8-10/h2-5H,1H3,(H,14,17);2H,1,3-8H2. The van der Waals surface area contributed by atoms with Crippen LogP contribution in [0, 0.1) is 5.82 Å². The van der Waals surface area contributed by atoms with Crippen molar-refractivity contribution in [2.75, 3.05) is 13.1 Å². The Morgan fingerprint density at radius 2 is 1.89 bits per heavy atom. The molecule has 3 aromatic rings. The van der Waals surface area contributed by atoms with E-state index in [-0.39, 0.29) is 11.4 Å². The fourth-order valence-electron chi connectivity index (χ4n) is 3.11. The summed E-state index contributed by atoms with van der Waals surface area (Å²) in [4.78, 5) is 27.3. The van der Waals surface area contributed by atoms with Crippen molar-refractivity contribution < 1.29 is 9.18 Å². The maximum Gasteiger partial charge on any atom is 0.277 e. The third-order valence-corrected chi connectivity index (χ3v) is 4.57. The van der Waals surface area contributed by atoms with E-state index in [9.17, 15) is 14.0 Å². The van der Waals surface area contributed by atoms with Crippen molar-refractivity contribution in [3.63, 3.8) is 0 Å². The predicted molar refractivity (Wildman–Crippen MR) is 103 cm³/mol. The molecule has 1 amide bonds. The molecule has 0 unspecified atom stereocenters. The van der Waals surface area contributed by atoms with Crippen LogP contribution in [0.3, 0.4) is 0 Å². The van der Waals surface area contributed by atoms with Crippen molar-refractivity contribution in [2.45, 2.75) is 25.7 Å². The molecule has 9 heteroatoms. The molecule has 0 aliphatic carbocycles. The van der Waals surface area contributed by atoms with Crippen LogP contribution in [0.1, 0.15) is 25.7 Å². The van der Waals surface area contributed by atoms with Crippen molar-refractivity contribution in [1.29, 1.82) is 0 Å². The highest BCUT2D eigenvalue weighted by molar-refractivity contribution is 5.86. The summed E-state index contributed by atoms with van der Waals surface area (Å²) in [6.45, 7) is 5.32. The molecule has 28 heavy (non-hydrogen) atoms. The lowest BCUT2D eigenvalue weighted by molar-refractivity contribution is -0.125. The molecule has 1 N–H and O–H groups in total. The minimum absolute atomic E-state index is 0.0855. The Hall–Kier alpha value is -3.23. The zero-order chi connectivity index (χ0) is 20.1. The SMILES string of the molecule is C=CC(=O)N1CCCCCC1.Cn1cc(-c2cn3ncc(F)c3c(=O)[nH]2)cn1. The fraction of sp³-hybridized carbons (Fsp3) is 0.368. The Morgan fingerprint density at radius 3 is 2.50 bits per heavy atom. The molecule has 0 radical (unpaired) electrons. The first-order valence-electron chi connectivity index (χ1n) is 9.16. The number of carbonyl (C=O) groups excluding carboxylic acids is 1. The van der Waals surface area contributed by atoms with Gasteiger partial charge in [-0.1, -0.05) is 19.4 Å². The van der Waals surface area contributed by atoms with E-state index in [2.05, 4.69) is 21.8 Å². The van der Waals surface area contributed by atoms with E-state index in [0.717, 1.165) is 37.7 Å². The summed E-state index contributed by atoms with van der Waals surface area (Å²) >= 11 is 0. The molecule has 148 valence electrons. The number of halogens is 1. The number of nitrogens with zero attached hydrogens (tertiary/aromatic N) is 5. The van der Waals surface area contributed by atoms with Crippen LogP contribution in [0.4, 0.5) is 4.39 Å². The van der Waals surface area contributed by atoms with Crippen LogP contribution >= 0.6 is 0 Å². The second-order valence-electron chi connectivity index (χ2n) is 6.63. The van der Waals surface area contributed by atoms with Gasteiger partial charge in [-0.25, -0.2) is 8.91 Å². The number of H-pyrrole nitrogens is 1. The van der Waals surface area contributed by atoms with E-state index < -0.39 is 11.4 Å². The molecule has 0 saturated carbocycles. The zero-order valence-electron chi connectivity index (χ0n) is 15.8. The fourth-order valence-corrected chi connectivity index (χ4v) is 3.11. The highest BCUT2D eigenvalue weighted by atomic mass is 19.1. The van der Waals surface area contributed by atoms with Gasteiger partial charge in [0.05, 0.1) is 24.3 Å². The van der Waals surface area contributed by atoms with Crippen LogP contribution < -0.4 is 5.56 Å². The minimum atomic E-state index is -0.635. The lowest BCUT2D eigenvalue weighted by Crippen LogP contribution is -2.29. The van der Waals surface area contributed by atoms with Crippen LogP contribution in [0.2, 0.25) is 0 Å². The van der Waals surface area contributed by atoms with Crippen molar-refractivity contribution >= 4 is 11.4 Å². The van der Waals surface area contributed by atoms with Gasteiger partial charge >= 0.3 is 0 Å². The Bertz CT molecular complexity index is 1030. The number of aryl methyl sites for hydroxylation is 1. The van der Waals surface area contributed by atoms with Crippen molar-refractivity contribution in [3.8, 4) is 11.3 Å². The number of nitrogens with one attached hydrogen (secondary N) is 1. The van der Waals surface area contributed by atoms with Crippen molar-refractivity contribution in [3.05, 3.63) is 53.6 Å². The van der Waals surface area contributed by atoms with Gasteiger partial charge < -0.3 is 9.88 Å². The van der Waals surface area contributed by atoms with Gasteiger partial charge in [-0.3, -0.25) is 14.3 Å². The third kappa shape index (κ3) is 4.36. The molecule has 4 heterocycles. The summed E-state index contributed by atoms with van der Waals surface area (Å²) in [7, 11) is 1.77. The van der Waals surface area contributed by atoms with Gasteiger partial charge in [0.15, 0.2) is 11.3 Å². The molecule has 0 atom stereocenters. The maximum atomic E-state index is 13.2. The topological polar surface area (TPSA) is 88.3 Å². The van der Waals surface area contributed by atoms with Crippen LogP contribution in [0.15, 0.2) is 42.2 Å². The molecule has 0 spiro atoms. The largest absolute Gasteiger partial charge is 0.339 e. The highest BCUT2D eigenvalue weighted by Crippen LogP contribution is 2.14. The number of rotatable bonds is 2. The Kier molecular flexibility index (Phi) is 6.03. The van der Waals surface area contributed by atoms with Gasteiger partial charge in [-0.05, 0) is 18.9 Å². The predicted octanol–water partition coefficient (Wildman–Crippen LogP) is 2.14. The number of amides is 1. The Morgan fingerprint density at radius 1 is 1.18 bits per heavy atom. The number of carbonyl (C=O) groups is 1. The zero-order valence-corrected chi connectivity index (χ0v) is 15.8. The average Bonchev–Trinajstić information content (AvgIpc) is 3.17. The van der Waals surface area contributed by atoms with Gasteiger partial charge in [-0.15, -0.1) is 0 Å². The molecular weight excluding hydrogens is 363 g/mol. The van der Waals surface area contributed by atoms with Crippen LogP contribution in [-0.4, -0.2) is 48.3 Å². The molecule has 1 aliphatic rings. The van der Waals surface area contributed by atoms with Crippen molar-refractivity contribution in [1.82, 2.24) is 29.3 Å². The molecule has 1 fully saturated rings. The van der Waals surface area contributed by atoms with Gasteiger partial charge in [0.2, 0.25) is 5.91 Å². The Labute approximate surface area is 161 Å². The van der Waals surface area contributed by atoms with E-state index >= 15 is 0 Å². The lowest BCUT2D eigenvalue weighted by Gasteiger charge is -2.17. The van der Waals surface area contributed by atoms with Crippen LogP contribution in [0.25, 0.3) is 16.8 Å². The van der Waals surface area contributed by atoms with Gasteiger partial charge in [0.25, 0.3) is 5.56 Å². The van der Waals surface area contributed by atoms with E-state index in [4.69, 9.17) is 0 Å². The first-order valence-corrected chi connectivity index (χ1v) is 9.16. The number of hydrogen-bond donors (Lipinski definition) is 1. The monoisotopic (exact) mass is 386 g/mol. The van der Waals surface area contributed by atoms with Gasteiger partial charge in [0, 0.05) is 31.9 Å². The number of hydrogen-bond acceptors (Lipinski definition) is 4. The van der Waals surface area contributed by atoms with Crippen LogP contribution in [-0.2, 0) is 11.8 Å². The van der Waals surface area contributed by atoms with E-state index in [1.54, 1.807) is 30.3 Å². The third-order valence-electron chi connectivity index (χ3n) is 4.57. The normalized spacial score (nSPS) is 14.3. The summed E-state index contributed by atoms with van der Waals surface area (Å²) in [5, 5.41) is 7.77. The quantitative estimate of drug-likeness (QED) is 0.684. The summed E-state index contributed by atoms with van der Waals surface area (Å²) in [5.74, 6) is -0.545. The van der Waals surface area contributed by atoms with Crippen molar-refractivity contribution in [2.24, 2.45) is 7.05 Å². The van der Waals surface area contributed by atoms with E-state index in [0.29, 0.717) is 5.69 Å². The minimum Gasteiger partial charge on any atom is -0.339 e. The average molecular weight is 386 g/mol. The van der Waals surface area contributed by atoms with Gasteiger partial charge in [0.1, 0.15) is 0 Å². The number of likely N-dealkylation sites (tertiary alicyclic amines) is 1. The highest BCUT2D eigenvalue weighted by Gasteiger charge is 2.12. The molecule has 1 saturated heterocycles. The second kappa shape index (κ2) is 8.64. The molecule has 0 aromatic carbocycles. The molecule has 4 rings (SSSR count). The first kappa shape index (κ1) is 19.5. The summed E-state index contributed by atoms with van der Waals surface area (Å²) in [5.41, 5.74) is 0.681. The molecular formula is C19H23FN6O2. The summed E-state index contributed by atoms with van der Waals surface area (Å²) in [6.07, 6.45) is 12.2. The Balaban J connectivity index is 0.000000178. The van der Waals surface area contributed by atoms with Crippen LogP contribution in [0.5, 0.6) is 0 Å². The maximum absolute atomic E-state index is 13.2. The molecule has 8 nitrogen and oxygen atoms in total. The van der Waals surface area contributed by atoms with E-state index in [1.807, 2.05) is 4.90 Å². The van der Waals surface area contributed by atoms with E-state index in [1.165, 1.54) is 23.4 Å².